The highest BCUT2D eigenvalue weighted by Gasteiger charge is 2.16. The number of nitrogens with one attached hydrogen (secondary N) is 1. The molecule has 0 atom stereocenters. The minimum Gasteiger partial charge on any atom is -0.367 e. The maximum absolute atomic E-state index is 4.73. The van der Waals surface area contributed by atoms with E-state index in [0.717, 1.165) is 16.8 Å². The van der Waals surface area contributed by atoms with Crippen LogP contribution in [0, 0.1) is 0 Å². The maximum Gasteiger partial charge on any atom is 0.135 e. The molecule has 3 aromatic rings. The van der Waals surface area contributed by atoms with Crippen LogP contribution < -0.4 is 5.32 Å². The third kappa shape index (κ3) is 2.91. The number of nitrogens with zero attached hydrogens (tertiary/aromatic N) is 2. The van der Waals surface area contributed by atoms with Crippen LogP contribution in [0.15, 0.2) is 55.0 Å². The fraction of sp³-hybridized carbons (Fsp3) is 0.300. The molecule has 1 aromatic carbocycles. The van der Waals surface area contributed by atoms with E-state index >= 15 is 0 Å². The van der Waals surface area contributed by atoms with Crippen LogP contribution in [0.2, 0.25) is 0 Å². The van der Waals surface area contributed by atoms with Crippen LogP contribution in [0.3, 0.4) is 0 Å². The van der Waals surface area contributed by atoms with Crippen molar-refractivity contribution in [3.8, 4) is 11.1 Å². The van der Waals surface area contributed by atoms with Crippen LogP contribution >= 0.6 is 0 Å². The van der Waals surface area contributed by atoms with Gasteiger partial charge in [-0.05, 0) is 29.9 Å². The lowest BCUT2D eigenvalue weighted by molar-refractivity contribution is 0.462. The summed E-state index contributed by atoms with van der Waals surface area (Å²) in [4.78, 5) is 9.05. The number of hydrogen-bond donors (Lipinski definition) is 1. The summed E-state index contributed by atoms with van der Waals surface area (Å²) in [6.07, 6.45) is 12.3. The number of anilines is 1. The Balaban J connectivity index is 1.76. The van der Waals surface area contributed by atoms with Crippen molar-refractivity contribution in [2.75, 3.05) is 5.32 Å². The van der Waals surface area contributed by atoms with Crippen molar-refractivity contribution in [2.24, 2.45) is 0 Å². The molecule has 1 N–H and O–H groups in total. The van der Waals surface area contributed by atoms with Crippen molar-refractivity contribution in [2.45, 2.75) is 38.1 Å². The Labute approximate surface area is 136 Å². The Morgan fingerprint density at radius 1 is 0.870 bits per heavy atom. The Morgan fingerprint density at radius 2 is 1.70 bits per heavy atom. The quantitative estimate of drug-likeness (QED) is 0.736. The molecule has 0 bridgehead atoms. The van der Waals surface area contributed by atoms with Gasteiger partial charge in [0.1, 0.15) is 5.82 Å². The molecule has 3 nitrogen and oxygen atoms in total. The second-order valence-electron chi connectivity index (χ2n) is 6.29. The number of benzene rings is 1. The average Bonchev–Trinajstić information content (AvgIpc) is 2.64. The number of fused-ring (bicyclic) bond motifs is 1. The molecule has 1 fully saturated rings. The molecule has 116 valence electrons. The van der Waals surface area contributed by atoms with E-state index in [1.807, 2.05) is 24.7 Å². The molecular formula is C20H21N3. The van der Waals surface area contributed by atoms with E-state index in [0.29, 0.717) is 6.04 Å². The van der Waals surface area contributed by atoms with Gasteiger partial charge < -0.3 is 5.32 Å². The van der Waals surface area contributed by atoms with Crippen LogP contribution in [-0.2, 0) is 0 Å². The fourth-order valence-electron chi connectivity index (χ4n) is 3.49. The van der Waals surface area contributed by atoms with Gasteiger partial charge in [0.25, 0.3) is 0 Å². The topological polar surface area (TPSA) is 37.8 Å². The van der Waals surface area contributed by atoms with Gasteiger partial charge in [-0.1, -0.05) is 49.6 Å². The van der Waals surface area contributed by atoms with Crippen LogP contribution in [0.4, 0.5) is 5.82 Å². The maximum atomic E-state index is 4.73. The molecule has 1 aliphatic carbocycles. The zero-order chi connectivity index (χ0) is 15.5. The fourth-order valence-corrected chi connectivity index (χ4v) is 3.49. The van der Waals surface area contributed by atoms with Crippen LogP contribution in [0.5, 0.6) is 0 Å². The zero-order valence-electron chi connectivity index (χ0n) is 13.2. The van der Waals surface area contributed by atoms with Gasteiger partial charge in [0.05, 0.1) is 0 Å². The van der Waals surface area contributed by atoms with Crippen molar-refractivity contribution in [3.63, 3.8) is 0 Å². The minimum absolute atomic E-state index is 0.544. The molecule has 23 heavy (non-hydrogen) atoms. The first-order valence-electron chi connectivity index (χ1n) is 8.46. The predicted octanol–water partition coefficient (Wildman–Crippen LogP) is 5.04. The molecule has 0 radical (unpaired) electrons. The first-order valence-corrected chi connectivity index (χ1v) is 8.46. The van der Waals surface area contributed by atoms with Crippen LogP contribution in [0.25, 0.3) is 21.9 Å². The molecule has 2 heterocycles. The van der Waals surface area contributed by atoms with Gasteiger partial charge in [0.15, 0.2) is 0 Å². The van der Waals surface area contributed by atoms with Crippen molar-refractivity contribution in [3.05, 3.63) is 55.0 Å². The lowest BCUT2D eigenvalue weighted by Crippen LogP contribution is -2.23. The van der Waals surface area contributed by atoms with E-state index in [-0.39, 0.29) is 0 Å². The van der Waals surface area contributed by atoms with Crippen LogP contribution in [0.1, 0.15) is 32.1 Å². The largest absolute Gasteiger partial charge is 0.367 e. The van der Waals surface area contributed by atoms with E-state index in [9.17, 15) is 0 Å². The van der Waals surface area contributed by atoms with Gasteiger partial charge in [-0.3, -0.25) is 4.98 Å². The van der Waals surface area contributed by atoms with Crippen molar-refractivity contribution < 1.29 is 0 Å². The highest BCUT2D eigenvalue weighted by molar-refractivity contribution is 6.01. The van der Waals surface area contributed by atoms with Gasteiger partial charge in [-0.2, -0.15) is 0 Å². The normalized spacial score (nSPS) is 15.7. The van der Waals surface area contributed by atoms with E-state index in [2.05, 4.69) is 40.6 Å². The van der Waals surface area contributed by atoms with Crippen LogP contribution in [-0.4, -0.2) is 16.0 Å². The molecule has 0 spiro atoms. The number of rotatable bonds is 3. The highest BCUT2D eigenvalue weighted by atomic mass is 15.0. The van der Waals surface area contributed by atoms with E-state index < -0.39 is 0 Å². The monoisotopic (exact) mass is 303 g/mol. The summed E-state index contributed by atoms with van der Waals surface area (Å²) in [5.41, 5.74) is 2.36. The summed E-state index contributed by atoms with van der Waals surface area (Å²) in [6.45, 7) is 0. The number of aromatic nitrogens is 2. The molecule has 1 aliphatic rings. The molecule has 0 amide bonds. The molecule has 0 unspecified atom stereocenters. The van der Waals surface area contributed by atoms with Gasteiger partial charge in [0.2, 0.25) is 0 Å². The Hall–Kier alpha value is -2.42. The smallest absolute Gasteiger partial charge is 0.135 e. The lowest BCUT2D eigenvalue weighted by Gasteiger charge is -2.24. The Bertz CT molecular complexity index is 792. The van der Waals surface area contributed by atoms with Gasteiger partial charge in [-0.15, -0.1) is 0 Å². The van der Waals surface area contributed by atoms with Crippen molar-refractivity contribution in [1.82, 2.24) is 9.97 Å². The second-order valence-corrected chi connectivity index (χ2v) is 6.29. The number of pyridine rings is 2. The van der Waals surface area contributed by atoms with Crippen molar-refractivity contribution in [1.29, 1.82) is 0 Å². The summed E-state index contributed by atoms with van der Waals surface area (Å²) in [7, 11) is 0. The first-order chi connectivity index (χ1) is 11.4. The highest BCUT2D eigenvalue weighted by Crippen LogP contribution is 2.32. The molecule has 4 rings (SSSR count). The predicted molar refractivity (Wildman–Crippen MR) is 95.5 cm³/mol. The average molecular weight is 303 g/mol. The Morgan fingerprint density at radius 3 is 2.52 bits per heavy atom. The molecule has 1 saturated carbocycles. The first kappa shape index (κ1) is 14.2. The lowest BCUT2D eigenvalue weighted by atomic mass is 9.95. The summed E-state index contributed by atoms with van der Waals surface area (Å²) in [5.74, 6) is 0.972. The standard InChI is InChI=1S/C20H21N3/c1-3-7-15(8-4-1)18-14-22-20(19-13-21-12-11-17(18)19)23-16-9-5-2-6-10-16/h1,3-4,7-8,11-14,16H,2,5-6,9-10H2,(H,22,23). The third-order valence-electron chi connectivity index (χ3n) is 4.72. The molecule has 3 heteroatoms. The summed E-state index contributed by atoms with van der Waals surface area (Å²) in [6, 6.07) is 13.1. The third-order valence-corrected chi connectivity index (χ3v) is 4.72. The van der Waals surface area contributed by atoms with E-state index in [4.69, 9.17) is 4.98 Å². The molecule has 0 saturated heterocycles. The van der Waals surface area contributed by atoms with Crippen molar-refractivity contribution >= 4 is 16.6 Å². The van der Waals surface area contributed by atoms with Gasteiger partial charge in [-0.25, -0.2) is 4.98 Å². The van der Waals surface area contributed by atoms with E-state index in [1.54, 1.807) is 0 Å². The van der Waals surface area contributed by atoms with Gasteiger partial charge >= 0.3 is 0 Å². The molecule has 0 aliphatic heterocycles. The SMILES string of the molecule is c1ccc(-c2cnc(NC3CCCCC3)c3cnccc23)cc1. The van der Waals surface area contributed by atoms with E-state index in [1.165, 1.54) is 43.1 Å². The summed E-state index contributed by atoms with van der Waals surface area (Å²) >= 11 is 0. The minimum atomic E-state index is 0.544. The zero-order valence-corrected chi connectivity index (χ0v) is 13.2. The summed E-state index contributed by atoms with van der Waals surface area (Å²) in [5, 5.41) is 5.97. The molecule has 2 aromatic heterocycles. The second kappa shape index (κ2) is 6.37. The van der Waals surface area contributed by atoms with Gasteiger partial charge in [0, 0.05) is 35.6 Å². The number of hydrogen-bond acceptors (Lipinski definition) is 3. The Kier molecular flexibility index (Phi) is 3.93. The summed E-state index contributed by atoms with van der Waals surface area (Å²) < 4.78 is 0. The molecular weight excluding hydrogens is 282 g/mol.